The number of carbonyl (C=O) groups is 2. The molecule has 4 rings (SSSR count). The number of aliphatic hydroxyl groups is 2. The molecule has 0 radical (unpaired) electrons. The second kappa shape index (κ2) is 8.64. The molecule has 1 spiro atoms. The summed E-state index contributed by atoms with van der Waals surface area (Å²) in [6.45, 7) is 9.67. The van der Waals surface area contributed by atoms with Crippen molar-refractivity contribution < 1.29 is 34.0 Å². The van der Waals surface area contributed by atoms with Gasteiger partial charge in [-0.3, -0.25) is 0 Å². The molecule has 0 aromatic heterocycles. The van der Waals surface area contributed by atoms with Gasteiger partial charge in [0.05, 0.1) is 12.2 Å². The van der Waals surface area contributed by atoms with Gasteiger partial charge in [-0.05, 0) is 38.0 Å². The molecule has 190 valence electrons. The lowest BCUT2D eigenvalue weighted by molar-refractivity contribution is -0.171. The molecule has 4 N–H and O–H groups in total. The largest absolute Gasteiger partial charge is 0.457 e. The fourth-order valence-electron chi connectivity index (χ4n) is 7.94. The predicted octanol–water partition coefficient (Wildman–Crippen LogP) is 2.57. The van der Waals surface area contributed by atoms with Gasteiger partial charge < -0.3 is 30.2 Å². The van der Waals surface area contributed by atoms with Crippen molar-refractivity contribution in [2.24, 2.45) is 46.2 Å². The molecule has 12 atom stereocenters. The Labute approximate surface area is 201 Å². The first-order valence-corrected chi connectivity index (χ1v) is 12.3. The topological polar surface area (TPSA) is 128 Å². The number of ether oxygens (including phenoxy) is 3. The Morgan fingerprint density at radius 3 is 2.62 bits per heavy atom. The minimum Gasteiger partial charge on any atom is -0.457 e. The van der Waals surface area contributed by atoms with Crippen LogP contribution in [0.15, 0.2) is 23.8 Å². The van der Waals surface area contributed by atoms with Crippen LogP contribution < -0.4 is 5.73 Å². The highest BCUT2D eigenvalue weighted by molar-refractivity contribution is 5.75. The Bertz CT molecular complexity index is 900. The highest BCUT2D eigenvalue weighted by atomic mass is 16.6. The van der Waals surface area contributed by atoms with E-state index < -0.39 is 53.4 Å². The van der Waals surface area contributed by atoms with E-state index in [9.17, 15) is 19.8 Å². The Kier molecular flexibility index (Phi) is 6.41. The predicted molar refractivity (Wildman–Crippen MR) is 124 cm³/mol. The minimum absolute atomic E-state index is 0.0354. The zero-order valence-electron chi connectivity index (χ0n) is 20.9. The zero-order valence-corrected chi connectivity index (χ0v) is 20.9. The average molecular weight is 478 g/mol. The van der Waals surface area contributed by atoms with E-state index in [2.05, 4.69) is 32.1 Å². The first-order valence-electron chi connectivity index (χ1n) is 12.3. The lowest BCUT2D eigenvalue weighted by Crippen LogP contribution is -2.58. The van der Waals surface area contributed by atoms with E-state index in [4.69, 9.17) is 19.9 Å². The first kappa shape index (κ1) is 25.2. The number of aliphatic hydroxyl groups excluding tert-OH is 2. The van der Waals surface area contributed by atoms with Crippen molar-refractivity contribution in [3.8, 4) is 0 Å². The monoisotopic (exact) mass is 477 g/mol. The SMILES string of the molecule is CO[C@H]1C[C@H]2C=C[C@]3(C)[C@H]4[C@H](O)[C@@H](C)[C@@H](OC(N)=O)[C@@H]3C[C@@]24/C(C)=C/[C@@H](C)[C@@H]([C@@H](C)O)OC1=O. The molecule has 3 aliphatic carbocycles. The molecule has 0 saturated heterocycles. The van der Waals surface area contributed by atoms with Crippen molar-refractivity contribution in [2.45, 2.75) is 78.0 Å². The summed E-state index contributed by atoms with van der Waals surface area (Å²) in [5.41, 5.74) is 5.65. The summed E-state index contributed by atoms with van der Waals surface area (Å²) in [5, 5.41) is 22.1. The summed E-state index contributed by atoms with van der Waals surface area (Å²) in [4.78, 5) is 24.8. The van der Waals surface area contributed by atoms with Crippen LogP contribution in [-0.2, 0) is 19.0 Å². The van der Waals surface area contributed by atoms with Crippen LogP contribution in [0.3, 0.4) is 0 Å². The number of esters is 1. The van der Waals surface area contributed by atoms with Gasteiger partial charge >= 0.3 is 12.1 Å². The smallest absolute Gasteiger partial charge is 0.404 e. The molecule has 2 fully saturated rings. The summed E-state index contributed by atoms with van der Waals surface area (Å²) in [6.07, 6.45) is 3.01. The fraction of sp³-hybridized carbons (Fsp3) is 0.769. The number of methoxy groups -OCH3 is 1. The van der Waals surface area contributed by atoms with Gasteiger partial charge in [-0.2, -0.15) is 0 Å². The van der Waals surface area contributed by atoms with Crippen molar-refractivity contribution in [1.82, 2.24) is 0 Å². The highest BCUT2D eigenvalue weighted by Crippen LogP contribution is 2.73. The Hall–Kier alpha value is -1.90. The maximum atomic E-state index is 13.0. The van der Waals surface area contributed by atoms with Crippen LogP contribution in [0.25, 0.3) is 0 Å². The second-order valence-corrected chi connectivity index (χ2v) is 11.2. The number of nitrogens with two attached hydrogens (primary N) is 1. The number of allylic oxidation sites excluding steroid dienone is 3. The molecule has 0 aromatic carbocycles. The average Bonchev–Trinajstić information content (AvgIpc) is 2.89. The summed E-state index contributed by atoms with van der Waals surface area (Å²) in [5.74, 6) is -1.28. The maximum Gasteiger partial charge on any atom is 0.404 e. The lowest BCUT2D eigenvalue weighted by Gasteiger charge is -2.55. The number of primary amides is 1. The number of cyclic esters (lactones) is 1. The van der Waals surface area contributed by atoms with Crippen LogP contribution in [0.2, 0.25) is 0 Å². The van der Waals surface area contributed by atoms with E-state index >= 15 is 0 Å². The van der Waals surface area contributed by atoms with Crippen LogP contribution in [-0.4, -0.2) is 59.9 Å². The molecule has 1 aliphatic heterocycles. The molecule has 4 bridgehead atoms. The molecule has 2 saturated carbocycles. The number of hydrogen-bond donors (Lipinski definition) is 3. The molecule has 1 amide bonds. The van der Waals surface area contributed by atoms with E-state index in [1.165, 1.54) is 7.11 Å². The van der Waals surface area contributed by atoms with E-state index in [1.54, 1.807) is 6.92 Å². The summed E-state index contributed by atoms with van der Waals surface area (Å²) in [7, 11) is 1.49. The van der Waals surface area contributed by atoms with Crippen LogP contribution in [0.5, 0.6) is 0 Å². The van der Waals surface area contributed by atoms with E-state index in [-0.39, 0.29) is 29.6 Å². The molecule has 8 nitrogen and oxygen atoms in total. The van der Waals surface area contributed by atoms with Crippen molar-refractivity contribution in [2.75, 3.05) is 7.11 Å². The quantitative estimate of drug-likeness (QED) is 0.421. The van der Waals surface area contributed by atoms with Crippen molar-refractivity contribution in [3.63, 3.8) is 0 Å². The second-order valence-electron chi connectivity index (χ2n) is 11.2. The fourth-order valence-corrected chi connectivity index (χ4v) is 7.94. The zero-order chi connectivity index (χ0) is 25.2. The molecule has 34 heavy (non-hydrogen) atoms. The Morgan fingerprint density at radius 1 is 1.35 bits per heavy atom. The van der Waals surface area contributed by atoms with Gasteiger partial charge in [0.2, 0.25) is 0 Å². The van der Waals surface area contributed by atoms with E-state index in [0.29, 0.717) is 12.8 Å². The van der Waals surface area contributed by atoms with Gasteiger partial charge in [-0.1, -0.05) is 44.6 Å². The van der Waals surface area contributed by atoms with Gasteiger partial charge in [0.25, 0.3) is 0 Å². The summed E-state index contributed by atoms with van der Waals surface area (Å²) < 4.78 is 16.9. The molecule has 8 heteroatoms. The van der Waals surface area contributed by atoms with E-state index in [0.717, 1.165) is 5.57 Å². The van der Waals surface area contributed by atoms with Gasteiger partial charge in [-0.15, -0.1) is 0 Å². The van der Waals surface area contributed by atoms with Gasteiger partial charge in [0.15, 0.2) is 6.10 Å². The maximum absolute atomic E-state index is 13.0. The third-order valence-electron chi connectivity index (χ3n) is 9.49. The van der Waals surface area contributed by atoms with Crippen molar-refractivity contribution >= 4 is 12.1 Å². The molecular weight excluding hydrogens is 438 g/mol. The Balaban J connectivity index is 1.90. The highest BCUT2D eigenvalue weighted by Gasteiger charge is 2.71. The van der Waals surface area contributed by atoms with Crippen molar-refractivity contribution in [1.29, 1.82) is 0 Å². The third kappa shape index (κ3) is 3.52. The van der Waals surface area contributed by atoms with Crippen LogP contribution in [0.4, 0.5) is 4.79 Å². The van der Waals surface area contributed by atoms with E-state index in [1.807, 2.05) is 13.8 Å². The van der Waals surface area contributed by atoms with Crippen LogP contribution in [0, 0.1) is 40.4 Å². The summed E-state index contributed by atoms with van der Waals surface area (Å²) >= 11 is 0. The van der Waals surface area contributed by atoms with Crippen LogP contribution >= 0.6 is 0 Å². The standard InChI is InChI=1S/C26H39NO7/c1-12-9-13(2)26-11-17-21(34-24(27)31)14(3)19(29)22(26)25(17,5)8-7-16(26)10-18(32-6)23(30)33-20(12)15(4)28/h7-9,12,14-22,28-29H,10-11H2,1-6H3,(H2,27,31)/b13-9+/t12-,14-,15-,16-,17+,18+,19-,20+,21-,22-,25+,26-/m1/s1. The van der Waals surface area contributed by atoms with Gasteiger partial charge in [0, 0.05) is 36.2 Å². The molecule has 0 aromatic rings. The number of rotatable bonds is 3. The van der Waals surface area contributed by atoms with Gasteiger partial charge in [-0.25, -0.2) is 9.59 Å². The normalized spacial score (nSPS) is 50.4. The number of hydrogen-bond acceptors (Lipinski definition) is 7. The molecule has 0 unspecified atom stereocenters. The molecule has 4 aliphatic rings. The number of carbonyl (C=O) groups excluding carboxylic acids is 2. The van der Waals surface area contributed by atoms with Crippen LogP contribution in [0.1, 0.15) is 47.5 Å². The minimum atomic E-state index is -0.855. The molecule has 1 heterocycles. The molecular formula is C26H39NO7. The van der Waals surface area contributed by atoms with Crippen molar-refractivity contribution in [3.05, 3.63) is 23.8 Å². The van der Waals surface area contributed by atoms with Gasteiger partial charge in [0.1, 0.15) is 12.2 Å². The summed E-state index contributed by atoms with van der Waals surface area (Å²) in [6, 6.07) is 0. The Morgan fingerprint density at radius 2 is 2.03 bits per heavy atom. The number of amides is 1. The third-order valence-corrected chi connectivity index (χ3v) is 9.49. The first-order chi connectivity index (χ1) is 15.9. The lowest BCUT2D eigenvalue weighted by atomic mass is 9.51.